The monoisotopic (exact) mass is 250 g/mol. The van der Waals surface area contributed by atoms with Crippen LogP contribution in [0.3, 0.4) is 0 Å². The molecule has 0 atom stereocenters. The van der Waals surface area contributed by atoms with E-state index in [1.807, 2.05) is 26.8 Å². The van der Waals surface area contributed by atoms with E-state index in [2.05, 4.69) is 10.1 Å². The Hall–Kier alpha value is -1.39. The van der Waals surface area contributed by atoms with Crippen LogP contribution in [-0.4, -0.2) is 14.8 Å². The van der Waals surface area contributed by atoms with Crippen LogP contribution in [0.2, 0.25) is 5.02 Å². The maximum Gasteiger partial charge on any atom is 0.172 e. The quantitative estimate of drug-likeness (QED) is 0.890. The highest BCUT2D eigenvalue weighted by Gasteiger charge is 2.12. The molecule has 0 saturated heterocycles. The lowest BCUT2D eigenvalue weighted by Gasteiger charge is -2.07. The minimum absolute atomic E-state index is 0.434. The summed E-state index contributed by atoms with van der Waals surface area (Å²) in [7, 11) is 0. The lowest BCUT2D eigenvalue weighted by atomic mass is 10.2. The van der Waals surface area contributed by atoms with Gasteiger partial charge in [-0.15, -0.1) is 0 Å². The number of rotatable bonds is 2. The Bertz CT molecular complexity index is 560. The summed E-state index contributed by atoms with van der Waals surface area (Å²) >= 11 is 6.20. The van der Waals surface area contributed by atoms with Crippen LogP contribution in [0.25, 0.3) is 5.82 Å². The lowest BCUT2D eigenvalue weighted by molar-refractivity contribution is 0.803. The summed E-state index contributed by atoms with van der Waals surface area (Å²) in [6.45, 7) is 6.45. The second-order valence-corrected chi connectivity index (χ2v) is 4.47. The second-order valence-electron chi connectivity index (χ2n) is 4.06. The fourth-order valence-corrected chi connectivity index (χ4v) is 1.93. The zero-order valence-corrected chi connectivity index (χ0v) is 10.9. The standard InChI is InChI=1S/C12H15ClN4/c1-7-8(2)16-17(9(7)3)12-11(13)4-10(5-14)6-15-12/h4,6H,5,14H2,1-3H3. The Kier molecular flexibility index (Phi) is 3.17. The van der Waals surface area contributed by atoms with Gasteiger partial charge in [0.15, 0.2) is 5.82 Å². The number of hydrogen-bond acceptors (Lipinski definition) is 3. The molecule has 0 bridgehead atoms. The molecule has 0 fully saturated rings. The fraction of sp³-hybridized carbons (Fsp3) is 0.333. The third kappa shape index (κ3) is 2.06. The van der Waals surface area contributed by atoms with Gasteiger partial charge in [0.25, 0.3) is 0 Å². The molecule has 17 heavy (non-hydrogen) atoms. The predicted molar refractivity (Wildman–Crippen MR) is 68.5 cm³/mol. The van der Waals surface area contributed by atoms with E-state index < -0.39 is 0 Å². The second kappa shape index (κ2) is 4.47. The van der Waals surface area contributed by atoms with Gasteiger partial charge in [-0.3, -0.25) is 0 Å². The zero-order chi connectivity index (χ0) is 12.6. The molecule has 0 aliphatic carbocycles. The molecule has 90 valence electrons. The number of pyridine rings is 1. The Morgan fingerprint density at radius 2 is 2.06 bits per heavy atom. The number of nitrogens with two attached hydrogens (primary N) is 1. The van der Waals surface area contributed by atoms with Gasteiger partial charge in [-0.05, 0) is 38.0 Å². The Morgan fingerprint density at radius 1 is 1.35 bits per heavy atom. The maximum absolute atomic E-state index is 6.20. The smallest absolute Gasteiger partial charge is 0.172 e. The van der Waals surface area contributed by atoms with Gasteiger partial charge in [0.05, 0.1) is 10.7 Å². The number of aromatic nitrogens is 3. The topological polar surface area (TPSA) is 56.7 Å². The van der Waals surface area contributed by atoms with Gasteiger partial charge in [0.2, 0.25) is 0 Å². The molecule has 0 unspecified atom stereocenters. The molecule has 2 heterocycles. The first-order valence-corrected chi connectivity index (χ1v) is 5.80. The number of nitrogens with zero attached hydrogens (tertiary/aromatic N) is 3. The molecular formula is C12H15ClN4. The number of halogens is 1. The van der Waals surface area contributed by atoms with E-state index >= 15 is 0 Å². The first kappa shape index (κ1) is 12.1. The van der Waals surface area contributed by atoms with Crippen LogP contribution in [0, 0.1) is 20.8 Å². The predicted octanol–water partition coefficient (Wildman–Crippen LogP) is 2.30. The summed E-state index contributed by atoms with van der Waals surface area (Å²) in [5.74, 6) is 0.651. The lowest BCUT2D eigenvalue weighted by Crippen LogP contribution is -2.05. The highest BCUT2D eigenvalue weighted by molar-refractivity contribution is 6.32. The third-order valence-corrected chi connectivity index (χ3v) is 3.25. The Labute approximate surface area is 105 Å². The average Bonchev–Trinajstić information content (AvgIpc) is 2.57. The van der Waals surface area contributed by atoms with Crippen molar-refractivity contribution < 1.29 is 0 Å². The highest BCUT2D eigenvalue weighted by atomic mass is 35.5. The first-order chi connectivity index (χ1) is 8.04. The molecule has 2 aromatic rings. The Morgan fingerprint density at radius 3 is 2.53 bits per heavy atom. The average molecular weight is 251 g/mol. The van der Waals surface area contributed by atoms with E-state index in [0.717, 1.165) is 22.5 Å². The van der Waals surface area contributed by atoms with Gasteiger partial charge in [-0.2, -0.15) is 5.10 Å². The van der Waals surface area contributed by atoms with Crippen molar-refractivity contribution in [2.45, 2.75) is 27.3 Å². The molecule has 0 aromatic carbocycles. The van der Waals surface area contributed by atoms with Gasteiger partial charge >= 0.3 is 0 Å². The fourth-order valence-electron chi connectivity index (χ4n) is 1.66. The molecule has 5 heteroatoms. The van der Waals surface area contributed by atoms with E-state index in [-0.39, 0.29) is 0 Å². The number of hydrogen-bond donors (Lipinski definition) is 1. The minimum atomic E-state index is 0.434. The van der Waals surface area contributed by atoms with E-state index in [1.54, 1.807) is 10.9 Å². The van der Waals surface area contributed by atoms with Crippen LogP contribution in [0.5, 0.6) is 0 Å². The summed E-state index contributed by atoms with van der Waals surface area (Å²) in [5.41, 5.74) is 9.66. The largest absolute Gasteiger partial charge is 0.326 e. The molecular weight excluding hydrogens is 236 g/mol. The maximum atomic E-state index is 6.20. The molecule has 0 aliphatic heterocycles. The Balaban J connectivity index is 2.57. The number of aryl methyl sites for hydroxylation is 1. The zero-order valence-electron chi connectivity index (χ0n) is 10.2. The van der Waals surface area contributed by atoms with Crippen molar-refractivity contribution in [2.24, 2.45) is 5.73 Å². The van der Waals surface area contributed by atoms with E-state index in [4.69, 9.17) is 17.3 Å². The molecule has 0 amide bonds. The minimum Gasteiger partial charge on any atom is -0.326 e. The van der Waals surface area contributed by atoms with Gasteiger partial charge in [0.1, 0.15) is 0 Å². The summed E-state index contributed by atoms with van der Waals surface area (Å²) < 4.78 is 1.77. The molecule has 0 spiro atoms. The van der Waals surface area contributed by atoms with Crippen LogP contribution in [0.1, 0.15) is 22.5 Å². The SMILES string of the molecule is Cc1nn(-c2ncc(CN)cc2Cl)c(C)c1C. The normalized spacial score (nSPS) is 10.9. The summed E-state index contributed by atoms with van der Waals surface area (Å²) in [6.07, 6.45) is 1.73. The van der Waals surface area contributed by atoms with E-state index in [1.165, 1.54) is 0 Å². The van der Waals surface area contributed by atoms with Gasteiger partial charge < -0.3 is 5.73 Å². The van der Waals surface area contributed by atoms with Crippen molar-refractivity contribution in [3.63, 3.8) is 0 Å². The van der Waals surface area contributed by atoms with Crippen molar-refractivity contribution in [1.29, 1.82) is 0 Å². The highest BCUT2D eigenvalue weighted by Crippen LogP contribution is 2.22. The molecule has 4 nitrogen and oxygen atoms in total. The first-order valence-electron chi connectivity index (χ1n) is 5.42. The molecule has 0 radical (unpaired) electrons. The molecule has 2 rings (SSSR count). The van der Waals surface area contributed by atoms with Crippen molar-refractivity contribution >= 4 is 11.6 Å². The van der Waals surface area contributed by atoms with Gasteiger partial charge in [-0.1, -0.05) is 11.6 Å². The molecule has 2 N–H and O–H groups in total. The van der Waals surface area contributed by atoms with Crippen LogP contribution >= 0.6 is 11.6 Å². The van der Waals surface area contributed by atoms with Crippen LogP contribution < -0.4 is 5.73 Å². The molecule has 0 saturated carbocycles. The molecule has 0 aliphatic rings. The molecule has 2 aromatic heterocycles. The summed E-state index contributed by atoms with van der Waals surface area (Å²) in [4.78, 5) is 4.32. The van der Waals surface area contributed by atoms with Crippen molar-refractivity contribution in [1.82, 2.24) is 14.8 Å². The van der Waals surface area contributed by atoms with Crippen LogP contribution in [0.4, 0.5) is 0 Å². The van der Waals surface area contributed by atoms with E-state index in [0.29, 0.717) is 17.4 Å². The van der Waals surface area contributed by atoms with Crippen molar-refractivity contribution in [3.05, 3.63) is 39.8 Å². The van der Waals surface area contributed by atoms with Crippen LogP contribution in [-0.2, 0) is 6.54 Å². The third-order valence-electron chi connectivity index (χ3n) is 2.97. The van der Waals surface area contributed by atoms with Crippen molar-refractivity contribution in [3.8, 4) is 5.82 Å². The van der Waals surface area contributed by atoms with Crippen molar-refractivity contribution in [2.75, 3.05) is 0 Å². The summed E-state index contributed by atoms with van der Waals surface area (Å²) in [5, 5.41) is 5.00. The van der Waals surface area contributed by atoms with Crippen LogP contribution in [0.15, 0.2) is 12.3 Å². The summed E-state index contributed by atoms with van der Waals surface area (Å²) in [6, 6.07) is 1.83. The van der Waals surface area contributed by atoms with Gasteiger partial charge in [-0.25, -0.2) is 9.67 Å². The van der Waals surface area contributed by atoms with Gasteiger partial charge in [0, 0.05) is 18.4 Å². The van der Waals surface area contributed by atoms with E-state index in [9.17, 15) is 0 Å².